The van der Waals surface area contributed by atoms with E-state index in [2.05, 4.69) is 4.98 Å². The van der Waals surface area contributed by atoms with Gasteiger partial charge in [0, 0.05) is 6.07 Å². The summed E-state index contributed by atoms with van der Waals surface area (Å²) in [7, 11) is 0. The highest BCUT2D eigenvalue weighted by atomic mass is 19.1. The maximum absolute atomic E-state index is 12.7. The van der Waals surface area contributed by atoms with Gasteiger partial charge in [-0.25, -0.2) is 9.37 Å². The van der Waals surface area contributed by atoms with Gasteiger partial charge in [-0.05, 0) is 43.1 Å². The third kappa shape index (κ3) is 2.43. The van der Waals surface area contributed by atoms with Crippen LogP contribution in [-0.2, 0) is 0 Å². The highest BCUT2D eigenvalue weighted by Gasteiger charge is 2.35. The quantitative estimate of drug-likeness (QED) is 0.800. The summed E-state index contributed by atoms with van der Waals surface area (Å²) in [6.45, 7) is 0.746. The van der Waals surface area contributed by atoms with Crippen LogP contribution in [0.25, 0.3) is 0 Å². The van der Waals surface area contributed by atoms with E-state index in [4.69, 9.17) is 4.74 Å². The summed E-state index contributed by atoms with van der Waals surface area (Å²) >= 11 is 0. The first-order chi connectivity index (χ1) is 8.31. The molecule has 1 aromatic rings. The Labute approximate surface area is 101 Å². The lowest BCUT2D eigenvalue weighted by atomic mass is 9.80. The number of ether oxygens (including phenoxy) is 1. The van der Waals surface area contributed by atoms with Gasteiger partial charge in [-0.3, -0.25) is 0 Å². The standard InChI is InChI=1S/C14H18FNO/c15-13-5-6-14(16-8-13)17-9-12-4-2-10-1-3-11(12)7-10/h5-6,8,10-12H,1-4,7,9H2. The Bertz CT molecular complexity index is 378. The zero-order valence-electron chi connectivity index (χ0n) is 9.94. The molecule has 17 heavy (non-hydrogen) atoms. The van der Waals surface area contributed by atoms with Crippen molar-refractivity contribution in [1.82, 2.24) is 4.98 Å². The molecule has 0 N–H and O–H groups in total. The van der Waals surface area contributed by atoms with Crippen LogP contribution in [0.3, 0.4) is 0 Å². The summed E-state index contributed by atoms with van der Waals surface area (Å²) in [5, 5.41) is 0. The van der Waals surface area contributed by atoms with E-state index in [1.165, 1.54) is 44.4 Å². The van der Waals surface area contributed by atoms with Crippen LogP contribution in [0.15, 0.2) is 18.3 Å². The van der Waals surface area contributed by atoms with Crippen molar-refractivity contribution in [2.24, 2.45) is 17.8 Å². The van der Waals surface area contributed by atoms with Crippen LogP contribution < -0.4 is 4.74 Å². The van der Waals surface area contributed by atoms with Gasteiger partial charge >= 0.3 is 0 Å². The molecule has 1 aromatic heterocycles. The molecule has 0 spiro atoms. The third-order valence-corrected chi connectivity index (χ3v) is 4.34. The van der Waals surface area contributed by atoms with Gasteiger partial charge in [0.2, 0.25) is 5.88 Å². The van der Waals surface area contributed by atoms with Crippen molar-refractivity contribution >= 4 is 0 Å². The Morgan fingerprint density at radius 3 is 2.94 bits per heavy atom. The second-order valence-electron chi connectivity index (χ2n) is 5.40. The van der Waals surface area contributed by atoms with E-state index in [0.29, 0.717) is 11.8 Å². The fraction of sp³-hybridized carbons (Fsp3) is 0.643. The predicted molar refractivity (Wildman–Crippen MR) is 63.2 cm³/mol. The second-order valence-corrected chi connectivity index (χ2v) is 5.40. The molecule has 2 saturated carbocycles. The fourth-order valence-electron chi connectivity index (χ4n) is 3.35. The summed E-state index contributed by atoms with van der Waals surface area (Å²) < 4.78 is 18.4. The van der Waals surface area contributed by atoms with Gasteiger partial charge < -0.3 is 4.74 Å². The van der Waals surface area contributed by atoms with Crippen LogP contribution in [-0.4, -0.2) is 11.6 Å². The van der Waals surface area contributed by atoms with Crippen LogP contribution in [0, 0.1) is 23.6 Å². The predicted octanol–water partition coefficient (Wildman–Crippen LogP) is 3.43. The molecule has 3 atom stereocenters. The van der Waals surface area contributed by atoms with Crippen molar-refractivity contribution in [3.05, 3.63) is 24.1 Å². The number of nitrogens with zero attached hydrogens (tertiary/aromatic N) is 1. The van der Waals surface area contributed by atoms with Crippen molar-refractivity contribution in [2.45, 2.75) is 32.1 Å². The Balaban J connectivity index is 1.55. The number of fused-ring (bicyclic) bond motifs is 2. The Morgan fingerprint density at radius 1 is 1.24 bits per heavy atom. The maximum atomic E-state index is 12.7. The second kappa shape index (κ2) is 4.63. The molecule has 0 amide bonds. The minimum Gasteiger partial charge on any atom is -0.477 e. The molecule has 0 radical (unpaired) electrons. The molecular formula is C14H18FNO. The SMILES string of the molecule is Fc1ccc(OCC2CCC3CCC2C3)nc1. The molecule has 2 fully saturated rings. The molecule has 2 aliphatic carbocycles. The number of aromatic nitrogens is 1. The number of hydrogen-bond acceptors (Lipinski definition) is 2. The zero-order valence-corrected chi connectivity index (χ0v) is 9.94. The van der Waals surface area contributed by atoms with E-state index in [1.807, 2.05) is 0 Å². The van der Waals surface area contributed by atoms with Gasteiger partial charge in [-0.1, -0.05) is 12.8 Å². The average Bonchev–Trinajstić information content (AvgIpc) is 2.73. The monoisotopic (exact) mass is 235 g/mol. The zero-order chi connectivity index (χ0) is 11.7. The minimum atomic E-state index is -0.311. The molecule has 0 aromatic carbocycles. The number of halogens is 1. The molecule has 92 valence electrons. The van der Waals surface area contributed by atoms with Crippen LogP contribution in [0.1, 0.15) is 32.1 Å². The summed E-state index contributed by atoms with van der Waals surface area (Å²) in [5.41, 5.74) is 0. The largest absolute Gasteiger partial charge is 0.477 e. The van der Waals surface area contributed by atoms with E-state index in [0.717, 1.165) is 18.4 Å². The molecule has 3 heteroatoms. The molecule has 0 aliphatic heterocycles. The summed E-state index contributed by atoms with van der Waals surface area (Å²) in [5.74, 6) is 2.76. The van der Waals surface area contributed by atoms with Crippen LogP contribution in [0.2, 0.25) is 0 Å². The highest BCUT2D eigenvalue weighted by Crippen LogP contribution is 2.45. The lowest BCUT2D eigenvalue weighted by Gasteiger charge is -2.28. The Kier molecular flexibility index (Phi) is 3.00. The van der Waals surface area contributed by atoms with Gasteiger partial charge in [0.15, 0.2) is 0 Å². The van der Waals surface area contributed by atoms with E-state index < -0.39 is 0 Å². The van der Waals surface area contributed by atoms with Crippen molar-refractivity contribution in [3.8, 4) is 5.88 Å². The molecule has 1 heterocycles. The van der Waals surface area contributed by atoms with Gasteiger partial charge in [-0.15, -0.1) is 0 Å². The van der Waals surface area contributed by atoms with Gasteiger partial charge in [0.05, 0.1) is 12.8 Å². The molecule has 0 saturated heterocycles. The first-order valence-electron chi connectivity index (χ1n) is 6.55. The lowest BCUT2D eigenvalue weighted by Crippen LogP contribution is -2.24. The molecule has 2 bridgehead atoms. The van der Waals surface area contributed by atoms with Crippen LogP contribution >= 0.6 is 0 Å². The molecular weight excluding hydrogens is 217 g/mol. The average molecular weight is 235 g/mol. The number of hydrogen-bond donors (Lipinski definition) is 0. The fourth-order valence-corrected chi connectivity index (χ4v) is 3.35. The van der Waals surface area contributed by atoms with Crippen molar-refractivity contribution in [3.63, 3.8) is 0 Å². The van der Waals surface area contributed by atoms with Gasteiger partial charge in [0.25, 0.3) is 0 Å². The number of pyridine rings is 1. The smallest absolute Gasteiger partial charge is 0.213 e. The summed E-state index contributed by atoms with van der Waals surface area (Å²) in [4.78, 5) is 3.93. The van der Waals surface area contributed by atoms with E-state index in [9.17, 15) is 4.39 Å². The first-order valence-corrected chi connectivity index (χ1v) is 6.55. The Hall–Kier alpha value is -1.12. The van der Waals surface area contributed by atoms with E-state index in [-0.39, 0.29) is 5.82 Å². The molecule has 3 rings (SSSR count). The summed E-state index contributed by atoms with van der Waals surface area (Å²) in [6.07, 6.45) is 8.04. The van der Waals surface area contributed by atoms with Crippen molar-refractivity contribution in [2.75, 3.05) is 6.61 Å². The molecule has 2 aliphatic rings. The third-order valence-electron chi connectivity index (χ3n) is 4.34. The topological polar surface area (TPSA) is 22.1 Å². The summed E-state index contributed by atoms with van der Waals surface area (Å²) in [6, 6.07) is 3.00. The first kappa shape index (κ1) is 11.0. The van der Waals surface area contributed by atoms with Crippen LogP contribution in [0.4, 0.5) is 4.39 Å². The van der Waals surface area contributed by atoms with Crippen molar-refractivity contribution in [1.29, 1.82) is 0 Å². The minimum absolute atomic E-state index is 0.311. The van der Waals surface area contributed by atoms with Gasteiger partial charge in [0.1, 0.15) is 5.82 Å². The van der Waals surface area contributed by atoms with Crippen LogP contribution in [0.5, 0.6) is 5.88 Å². The highest BCUT2D eigenvalue weighted by molar-refractivity contribution is 5.10. The number of rotatable bonds is 3. The Morgan fingerprint density at radius 2 is 2.12 bits per heavy atom. The maximum Gasteiger partial charge on any atom is 0.213 e. The lowest BCUT2D eigenvalue weighted by molar-refractivity contribution is 0.152. The van der Waals surface area contributed by atoms with Gasteiger partial charge in [-0.2, -0.15) is 0 Å². The molecule has 2 nitrogen and oxygen atoms in total. The van der Waals surface area contributed by atoms with E-state index in [1.54, 1.807) is 6.07 Å². The van der Waals surface area contributed by atoms with E-state index >= 15 is 0 Å². The van der Waals surface area contributed by atoms with Crippen molar-refractivity contribution < 1.29 is 9.13 Å². The molecule has 3 unspecified atom stereocenters. The normalized spacial score (nSPS) is 31.5.